The average molecular weight is 488 g/mol. The summed E-state index contributed by atoms with van der Waals surface area (Å²) >= 11 is 12.8. The standard InChI is InChI=1S/C27H18ClNO2S2/c28-21-8-4-9-22(16-21)29-26(30)25(33-27(29)32)15-18-11-13-23(14-12-18)31-17-20-7-3-6-19-5-1-2-10-24(19)20/h1-16H,17H2/b25-15+. The molecule has 0 unspecified atom stereocenters. The van der Waals surface area contributed by atoms with Gasteiger partial charge in [0.1, 0.15) is 12.4 Å². The molecular weight excluding hydrogens is 470 g/mol. The van der Waals surface area contributed by atoms with E-state index in [9.17, 15) is 4.79 Å². The molecule has 3 nitrogen and oxygen atoms in total. The molecule has 6 heteroatoms. The van der Waals surface area contributed by atoms with Crippen LogP contribution in [0.5, 0.6) is 5.75 Å². The first-order valence-corrected chi connectivity index (χ1v) is 11.9. The molecule has 0 radical (unpaired) electrons. The molecule has 0 saturated carbocycles. The minimum atomic E-state index is -0.149. The molecule has 1 saturated heterocycles. The van der Waals surface area contributed by atoms with Gasteiger partial charge in [-0.05, 0) is 58.3 Å². The van der Waals surface area contributed by atoms with Gasteiger partial charge in [0, 0.05) is 5.02 Å². The minimum Gasteiger partial charge on any atom is -0.489 e. The van der Waals surface area contributed by atoms with Crippen LogP contribution in [0.2, 0.25) is 5.02 Å². The van der Waals surface area contributed by atoms with Gasteiger partial charge in [0.2, 0.25) is 0 Å². The third-order valence-corrected chi connectivity index (χ3v) is 6.85. The number of carbonyl (C=O) groups is 1. The summed E-state index contributed by atoms with van der Waals surface area (Å²) < 4.78 is 6.50. The largest absolute Gasteiger partial charge is 0.489 e. The van der Waals surface area contributed by atoms with Crippen molar-refractivity contribution < 1.29 is 9.53 Å². The molecule has 0 spiro atoms. The molecule has 5 rings (SSSR count). The van der Waals surface area contributed by atoms with E-state index in [2.05, 4.69) is 24.3 Å². The molecule has 0 N–H and O–H groups in total. The minimum absolute atomic E-state index is 0.149. The van der Waals surface area contributed by atoms with Gasteiger partial charge in [-0.1, -0.05) is 96.2 Å². The zero-order valence-corrected chi connectivity index (χ0v) is 19.8. The van der Waals surface area contributed by atoms with Crippen LogP contribution in [0, 0.1) is 0 Å². The Morgan fingerprint density at radius 3 is 2.52 bits per heavy atom. The molecule has 4 aromatic rings. The number of thiocarbonyl (C=S) groups is 1. The van der Waals surface area contributed by atoms with Crippen molar-refractivity contribution >= 4 is 68.3 Å². The lowest BCUT2D eigenvalue weighted by atomic mass is 10.1. The van der Waals surface area contributed by atoms with Gasteiger partial charge in [-0.15, -0.1) is 0 Å². The Morgan fingerprint density at radius 1 is 0.939 bits per heavy atom. The Morgan fingerprint density at radius 2 is 1.70 bits per heavy atom. The number of fused-ring (bicyclic) bond motifs is 1. The Hall–Kier alpha value is -3.12. The predicted octanol–water partition coefficient (Wildman–Crippen LogP) is 7.48. The number of hydrogen-bond acceptors (Lipinski definition) is 4. The molecule has 33 heavy (non-hydrogen) atoms. The molecule has 162 valence electrons. The van der Waals surface area contributed by atoms with E-state index in [-0.39, 0.29) is 5.91 Å². The lowest BCUT2D eigenvalue weighted by molar-refractivity contribution is -0.113. The maximum absolute atomic E-state index is 12.9. The van der Waals surface area contributed by atoms with Crippen LogP contribution < -0.4 is 9.64 Å². The molecule has 0 bridgehead atoms. The molecule has 1 aliphatic heterocycles. The Balaban J connectivity index is 1.29. The van der Waals surface area contributed by atoms with Gasteiger partial charge in [0.15, 0.2) is 4.32 Å². The van der Waals surface area contributed by atoms with E-state index >= 15 is 0 Å². The first-order valence-electron chi connectivity index (χ1n) is 10.3. The molecule has 1 aliphatic rings. The van der Waals surface area contributed by atoms with Crippen molar-refractivity contribution in [2.24, 2.45) is 0 Å². The second-order valence-corrected chi connectivity index (χ2v) is 9.61. The number of nitrogens with zero attached hydrogens (tertiary/aromatic N) is 1. The fourth-order valence-electron chi connectivity index (χ4n) is 3.70. The van der Waals surface area contributed by atoms with Crippen LogP contribution in [0.4, 0.5) is 5.69 Å². The van der Waals surface area contributed by atoms with Crippen LogP contribution in [0.15, 0.2) is 95.9 Å². The number of benzene rings is 4. The van der Waals surface area contributed by atoms with Crippen LogP contribution in [0.3, 0.4) is 0 Å². The number of rotatable bonds is 5. The number of halogens is 1. The van der Waals surface area contributed by atoms with Gasteiger partial charge < -0.3 is 4.74 Å². The predicted molar refractivity (Wildman–Crippen MR) is 142 cm³/mol. The van der Waals surface area contributed by atoms with Crippen molar-refractivity contribution in [2.75, 3.05) is 4.90 Å². The van der Waals surface area contributed by atoms with E-state index < -0.39 is 0 Å². The van der Waals surface area contributed by atoms with Crippen molar-refractivity contribution in [2.45, 2.75) is 6.61 Å². The van der Waals surface area contributed by atoms with Crippen LogP contribution in [0.1, 0.15) is 11.1 Å². The van der Waals surface area contributed by atoms with Gasteiger partial charge in [-0.2, -0.15) is 0 Å². The zero-order chi connectivity index (χ0) is 22.8. The third kappa shape index (κ3) is 4.67. The number of ether oxygens (including phenoxy) is 1. The van der Waals surface area contributed by atoms with E-state index in [4.69, 9.17) is 28.6 Å². The summed E-state index contributed by atoms with van der Waals surface area (Å²) in [6.07, 6.45) is 1.85. The summed E-state index contributed by atoms with van der Waals surface area (Å²) in [5, 5.41) is 2.95. The highest BCUT2D eigenvalue weighted by Gasteiger charge is 2.33. The summed E-state index contributed by atoms with van der Waals surface area (Å²) in [5.41, 5.74) is 2.71. The van der Waals surface area contributed by atoms with Gasteiger partial charge in [0.25, 0.3) is 5.91 Å². The van der Waals surface area contributed by atoms with E-state index in [0.717, 1.165) is 16.9 Å². The Labute approximate surface area is 206 Å². The first-order chi connectivity index (χ1) is 16.1. The van der Waals surface area contributed by atoms with Gasteiger partial charge in [-0.3, -0.25) is 9.69 Å². The topological polar surface area (TPSA) is 29.5 Å². The lowest BCUT2D eigenvalue weighted by Crippen LogP contribution is -2.27. The van der Waals surface area contributed by atoms with E-state index in [1.165, 1.54) is 27.4 Å². The highest BCUT2D eigenvalue weighted by Crippen LogP contribution is 2.36. The van der Waals surface area contributed by atoms with Gasteiger partial charge >= 0.3 is 0 Å². The fraction of sp³-hybridized carbons (Fsp3) is 0.0370. The van der Waals surface area contributed by atoms with Crippen LogP contribution in [0.25, 0.3) is 16.8 Å². The van der Waals surface area contributed by atoms with Crippen molar-refractivity contribution in [3.8, 4) is 5.75 Å². The van der Waals surface area contributed by atoms with E-state index in [1.54, 1.807) is 18.2 Å². The number of anilines is 1. The normalized spacial score (nSPS) is 14.9. The summed E-state index contributed by atoms with van der Waals surface area (Å²) in [4.78, 5) is 15.0. The van der Waals surface area contributed by atoms with E-state index in [0.29, 0.717) is 26.5 Å². The number of thioether (sulfide) groups is 1. The second-order valence-electron chi connectivity index (χ2n) is 7.49. The van der Waals surface area contributed by atoms with Crippen LogP contribution in [-0.4, -0.2) is 10.2 Å². The van der Waals surface area contributed by atoms with Gasteiger partial charge in [0.05, 0.1) is 10.6 Å². The highest BCUT2D eigenvalue weighted by molar-refractivity contribution is 8.27. The number of amides is 1. The summed E-state index contributed by atoms with van der Waals surface area (Å²) in [7, 11) is 0. The first kappa shape index (κ1) is 21.7. The molecule has 0 aliphatic carbocycles. The molecule has 0 aromatic heterocycles. The number of hydrogen-bond donors (Lipinski definition) is 0. The zero-order valence-electron chi connectivity index (χ0n) is 17.4. The lowest BCUT2D eigenvalue weighted by Gasteiger charge is -2.14. The maximum Gasteiger partial charge on any atom is 0.270 e. The van der Waals surface area contributed by atoms with Crippen molar-refractivity contribution in [1.82, 2.24) is 0 Å². The monoisotopic (exact) mass is 487 g/mol. The van der Waals surface area contributed by atoms with Gasteiger partial charge in [-0.25, -0.2) is 0 Å². The van der Waals surface area contributed by atoms with E-state index in [1.807, 2.05) is 54.6 Å². The Bertz CT molecular complexity index is 1390. The molecule has 4 aromatic carbocycles. The fourth-order valence-corrected chi connectivity index (χ4v) is 5.18. The van der Waals surface area contributed by atoms with Crippen LogP contribution in [-0.2, 0) is 11.4 Å². The average Bonchev–Trinajstić information content (AvgIpc) is 3.11. The highest BCUT2D eigenvalue weighted by atomic mass is 35.5. The summed E-state index contributed by atoms with van der Waals surface area (Å²) in [5.74, 6) is 0.620. The smallest absolute Gasteiger partial charge is 0.270 e. The summed E-state index contributed by atoms with van der Waals surface area (Å²) in [6.45, 7) is 0.485. The molecule has 1 heterocycles. The molecule has 1 amide bonds. The SMILES string of the molecule is O=C1/C(=C\c2ccc(OCc3cccc4ccccc34)cc2)SC(=S)N1c1cccc(Cl)c1. The third-order valence-electron chi connectivity index (χ3n) is 5.31. The number of carbonyl (C=O) groups excluding carboxylic acids is 1. The maximum atomic E-state index is 12.9. The van der Waals surface area contributed by atoms with Crippen molar-refractivity contribution in [3.05, 3.63) is 112 Å². The van der Waals surface area contributed by atoms with Crippen LogP contribution >= 0.6 is 35.6 Å². The van der Waals surface area contributed by atoms with Crippen molar-refractivity contribution in [3.63, 3.8) is 0 Å². The molecule has 1 fully saturated rings. The molecular formula is C27H18ClNO2S2. The summed E-state index contributed by atoms with van der Waals surface area (Å²) in [6, 6.07) is 29.3. The Kier molecular flexibility index (Phi) is 6.18. The quantitative estimate of drug-likeness (QED) is 0.215. The molecule has 0 atom stereocenters. The van der Waals surface area contributed by atoms with Crippen molar-refractivity contribution in [1.29, 1.82) is 0 Å². The second kappa shape index (κ2) is 9.40.